The molecule has 0 amide bonds. The van der Waals surface area contributed by atoms with Crippen LogP contribution in [0.2, 0.25) is 0 Å². The van der Waals surface area contributed by atoms with Crippen LogP contribution < -0.4 is 5.73 Å². The van der Waals surface area contributed by atoms with Gasteiger partial charge >= 0.3 is 6.18 Å². The van der Waals surface area contributed by atoms with Gasteiger partial charge in [0.1, 0.15) is 0 Å². The topological polar surface area (TPSA) is 49.8 Å². The summed E-state index contributed by atoms with van der Waals surface area (Å²) >= 11 is 0. The van der Waals surface area contributed by atoms with Crippen LogP contribution in [0.1, 0.15) is 17.5 Å². The first-order valence-corrected chi connectivity index (χ1v) is 4.45. The molecule has 0 aliphatic heterocycles. The molecule has 2 nitrogen and oxygen atoms in total. The Morgan fingerprint density at radius 1 is 1.38 bits per heavy atom. The van der Waals surface area contributed by atoms with Crippen molar-refractivity contribution >= 4 is 11.8 Å². The minimum absolute atomic E-state index is 0.0111. The summed E-state index contributed by atoms with van der Waals surface area (Å²) in [5.74, 6) is 0. The zero-order valence-electron chi connectivity index (χ0n) is 8.25. The summed E-state index contributed by atoms with van der Waals surface area (Å²) in [5.41, 5.74) is 4.58. The second-order valence-corrected chi connectivity index (χ2v) is 3.11. The fourth-order valence-corrected chi connectivity index (χ4v) is 1.20. The van der Waals surface area contributed by atoms with Gasteiger partial charge in [-0.15, -0.1) is 0 Å². The van der Waals surface area contributed by atoms with Crippen molar-refractivity contribution < 1.29 is 13.2 Å². The SMILES string of the molecule is N#CCC=Cc1ccc(N)cc1C(F)(F)F. The standard InChI is InChI=1S/C11H9F3N2/c12-11(13,14)10-7-9(16)5-4-8(10)3-1-2-6-15/h1,3-5,7H,2,16H2. The molecule has 0 fully saturated rings. The Morgan fingerprint density at radius 2 is 2.06 bits per heavy atom. The van der Waals surface area contributed by atoms with Crippen LogP contribution in [0.15, 0.2) is 24.3 Å². The highest BCUT2D eigenvalue weighted by atomic mass is 19.4. The lowest BCUT2D eigenvalue weighted by Gasteiger charge is -2.10. The third kappa shape index (κ3) is 3.02. The van der Waals surface area contributed by atoms with Crippen LogP contribution in [0.5, 0.6) is 0 Å². The van der Waals surface area contributed by atoms with Crippen molar-refractivity contribution in [2.45, 2.75) is 12.6 Å². The molecule has 0 aliphatic carbocycles. The predicted octanol–water partition coefficient (Wildman–Crippen LogP) is 3.21. The Balaban J connectivity index is 3.14. The van der Waals surface area contributed by atoms with Gasteiger partial charge in [0.25, 0.3) is 0 Å². The normalized spacial score (nSPS) is 11.6. The highest BCUT2D eigenvalue weighted by Crippen LogP contribution is 2.33. The molecule has 1 aromatic carbocycles. The molecule has 16 heavy (non-hydrogen) atoms. The van der Waals surface area contributed by atoms with Gasteiger partial charge in [0, 0.05) is 5.69 Å². The number of nitrogens with zero attached hydrogens (tertiary/aromatic N) is 1. The highest BCUT2D eigenvalue weighted by Gasteiger charge is 2.32. The van der Waals surface area contributed by atoms with Crippen molar-refractivity contribution in [2.24, 2.45) is 0 Å². The second-order valence-electron chi connectivity index (χ2n) is 3.11. The highest BCUT2D eigenvalue weighted by molar-refractivity contribution is 5.59. The molecular weight excluding hydrogens is 217 g/mol. The zero-order valence-corrected chi connectivity index (χ0v) is 8.25. The third-order valence-electron chi connectivity index (χ3n) is 1.89. The Morgan fingerprint density at radius 3 is 2.62 bits per heavy atom. The smallest absolute Gasteiger partial charge is 0.399 e. The van der Waals surface area contributed by atoms with Gasteiger partial charge in [0.15, 0.2) is 0 Å². The fourth-order valence-electron chi connectivity index (χ4n) is 1.20. The van der Waals surface area contributed by atoms with Gasteiger partial charge in [-0.3, -0.25) is 0 Å². The van der Waals surface area contributed by atoms with E-state index < -0.39 is 11.7 Å². The van der Waals surface area contributed by atoms with Gasteiger partial charge < -0.3 is 5.73 Å². The average Bonchev–Trinajstić information content (AvgIpc) is 2.19. The molecular formula is C11H9F3N2. The largest absolute Gasteiger partial charge is 0.417 e. The van der Waals surface area contributed by atoms with E-state index in [1.165, 1.54) is 24.3 Å². The molecule has 0 saturated carbocycles. The van der Waals surface area contributed by atoms with E-state index in [9.17, 15) is 13.2 Å². The molecule has 84 valence electrons. The van der Waals surface area contributed by atoms with E-state index in [-0.39, 0.29) is 17.7 Å². The van der Waals surface area contributed by atoms with Crippen molar-refractivity contribution in [2.75, 3.05) is 5.73 Å². The van der Waals surface area contributed by atoms with Crippen molar-refractivity contribution in [1.29, 1.82) is 5.26 Å². The van der Waals surface area contributed by atoms with Crippen molar-refractivity contribution in [1.82, 2.24) is 0 Å². The number of nitrogen functional groups attached to an aromatic ring is 1. The Labute approximate surface area is 90.8 Å². The molecule has 0 heterocycles. The maximum atomic E-state index is 12.6. The summed E-state index contributed by atoms with van der Waals surface area (Å²) in [6.45, 7) is 0. The maximum absolute atomic E-state index is 12.6. The molecule has 0 spiro atoms. The molecule has 0 radical (unpaired) electrons. The number of rotatable bonds is 2. The minimum Gasteiger partial charge on any atom is -0.399 e. The molecule has 1 rings (SSSR count). The summed E-state index contributed by atoms with van der Waals surface area (Å²) < 4.78 is 37.7. The number of alkyl halides is 3. The summed E-state index contributed by atoms with van der Waals surface area (Å²) in [5, 5.41) is 8.27. The van der Waals surface area contributed by atoms with E-state index in [0.717, 1.165) is 6.07 Å². The average molecular weight is 226 g/mol. The molecule has 0 saturated heterocycles. The summed E-state index contributed by atoms with van der Waals surface area (Å²) in [7, 11) is 0. The Hall–Kier alpha value is -1.96. The number of halogens is 3. The number of nitrogens with two attached hydrogens (primary N) is 1. The monoisotopic (exact) mass is 226 g/mol. The van der Waals surface area contributed by atoms with Crippen molar-refractivity contribution in [3.8, 4) is 6.07 Å². The van der Waals surface area contributed by atoms with Gasteiger partial charge in [-0.2, -0.15) is 18.4 Å². The Kier molecular flexibility index (Phi) is 3.56. The molecule has 5 heteroatoms. The van der Waals surface area contributed by atoms with E-state index in [1.54, 1.807) is 0 Å². The van der Waals surface area contributed by atoms with Crippen LogP contribution in [-0.4, -0.2) is 0 Å². The van der Waals surface area contributed by atoms with Crippen LogP contribution in [0.3, 0.4) is 0 Å². The molecule has 0 atom stereocenters. The molecule has 1 aromatic rings. The number of benzene rings is 1. The second kappa shape index (κ2) is 4.71. The lowest BCUT2D eigenvalue weighted by atomic mass is 10.1. The van der Waals surface area contributed by atoms with E-state index in [0.29, 0.717) is 0 Å². The summed E-state index contributed by atoms with van der Waals surface area (Å²) in [6.07, 6.45) is -1.73. The van der Waals surface area contributed by atoms with Gasteiger partial charge in [0.05, 0.1) is 18.1 Å². The van der Waals surface area contributed by atoms with Gasteiger partial charge in [-0.05, 0) is 17.7 Å². The molecule has 0 aliphatic rings. The molecule has 2 N–H and O–H groups in total. The van der Waals surface area contributed by atoms with Crippen LogP contribution in [0.4, 0.5) is 18.9 Å². The van der Waals surface area contributed by atoms with E-state index in [4.69, 9.17) is 11.0 Å². The summed E-state index contributed by atoms with van der Waals surface area (Å²) in [6, 6.07) is 5.37. The Bertz CT molecular complexity index is 442. The van der Waals surface area contributed by atoms with E-state index in [1.807, 2.05) is 6.07 Å². The van der Waals surface area contributed by atoms with Crippen LogP contribution in [-0.2, 0) is 6.18 Å². The predicted molar refractivity (Wildman–Crippen MR) is 55.1 cm³/mol. The van der Waals surface area contributed by atoms with Gasteiger partial charge in [-0.25, -0.2) is 0 Å². The summed E-state index contributed by atoms with van der Waals surface area (Å²) in [4.78, 5) is 0. The first-order valence-electron chi connectivity index (χ1n) is 4.45. The fraction of sp³-hybridized carbons (Fsp3) is 0.182. The van der Waals surface area contributed by atoms with Crippen molar-refractivity contribution in [3.63, 3.8) is 0 Å². The number of hydrogen-bond donors (Lipinski definition) is 1. The first kappa shape index (κ1) is 12.1. The molecule has 0 bridgehead atoms. The number of hydrogen-bond acceptors (Lipinski definition) is 2. The third-order valence-corrected chi connectivity index (χ3v) is 1.89. The van der Waals surface area contributed by atoms with Gasteiger partial charge in [-0.1, -0.05) is 18.2 Å². The molecule has 0 unspecified atom stereocenters. The maximum Gasteiger partial charge on any atom is 0.417 e. The van der Waals surface area contributed by atoms with Crippen molar-refractivity contribution in [3.05, 3.63) is 35.4 Å². The van der Waals surface area contributed by atoms with E-state index in [2.05, 4.69) is 0 Å². The lowest BCUT2D eigenvalue weighted by Crippen LogP contribution is -2.08. The number of allylic oxidation sites excluding steroid dienone is 1. The molecule has 0 aromatic heterocycles. The van der Waals surface area contributed by atoms with Crippen LogP contribution in [0, 0.1) is 11.3 Å². The number of nitriles is 1. The van der Waals surface area contributed by atoms with Crippen LogP contribution >= 0.6 is 0 Å². The lowest BCUT2D eigenvalue weighted by molar-refractivity contribution is -0.137. The minimum atomic E-state index is -4.44. The van der Waals surface area contributed by atoms with E-state index >= 15 is 0 Å². The zero-order chi connectivity index (χ0) is 12.2. The first-order chi connectivity index (χ1) is 7.45. The number of anilines is 1. The van der Waals surface area contributed by atoms with Gasteiger partial charge in [0.2, 0.25) is 0 Å². The van der Waals surface area contributed by atoms with Crippen LogP contribution in [0.25, 0.3) is 6.08 Å². The quantitative estimate of drug-likeness (QED) is 0.787.